The molecule has 2 heterocycles. The molecule has 0 saturated carbocycles. The average molecular weight is 1070 g/mol. The van der Waals surface area contributed by atoms with Gasteiger partial charge in [0.2, 0.25) is 0 Å². The molecule has 0 unspecified atom stereocenters. The molecule has 2 N–H and O–H groups in total. The van der Waals surface area contributed by atoms with Gasteiger partial charge in [-0.05, 0) is 57.0 Å². The van der Waals surface area contributed by atoms with E-state index in [0.717, 1.165) is 53.7 Å². The van der Waals surface area contributed by atoms with Crippen LogP contribution in [0.5, 0.6) is 11.5 Å². The Morgan fingerprint density at radius 1 is 0.455 bits per heavy atom. The molecule has 0 bridgehead atoms. The summed E-state index contributed by atoms with van der Waals surface area (Å²) in [6.45, 7) is 12.8. The van der Waals surface area contributed by atoms with E-state index in [2.05, 4.69) is 48.1 Å². The quantitative estimate of drug-likeness (QED) is 0.0324. The lowest BCUT2D eigenvalue weighted by Gasteiger charge is -2.38. The number of amides is 2. The van der Waals surface area contributed by atoms with Crippen LogP contribution in [0.4, 0.5) is 21.0 Å². The molecule has 2 aliphatic heterocycles. The van der Waals surface area contributed by atoms with Crippen LogP contribution in [-0.4, -0.2) is 70.6 Å². The van der Waals surface area contributed by atoms with Gasteiger partial charge in [-0.1, -0.05) is 225 Å². The van der Waals surface area contributed by atoms with Gasteiger partial charge in [0.05, 0.1) is 18.7 Å². The number of ether oxygens (including phenoxy) is 4. The fraction of sp³-hybridized carbons (Fsp3) is 0.682. The summed E-state index contributed by atoms with van der Waals surface area (Å²) in [7, 11) is 0. The zero-order valence-electron chi connectivity index (χ0n) is 48.8. The van der Waals surface area contributed by atoms with Crippen molar-refractivity contribution in [1.29, 1.82) is 0 Å². The number of likely N-dealkylation sites (N-methyl/N-ethyl adjacent to an activating group) is 2. The summed E-state index contributed by atoms with van der Waals surface area (Å²) in [6.07, 6.45) is 41.4. The van der Waals surface area contributed by atoms with Crippen molar-refractivity contribution in [3.63, 3.8) is 0 Å². The van der Waals surface area contributed by atoms with Crippen molar-refractivity contribution in [3.05, 3.63) is 82.9 Å². The first-order valence-corrected chi connectivity index (χ1v) is 31.5. The number of nitrogens with zero attached hydrogens (tertiary/aromatic N) is 2. The van der Waals surface area contributed by atoms with Crippen molar-refractivity contribution < 1.29 is 33.3 Å². The van der Waals surface area contributed by atoms with Crippen molar-refractivity contribution in [2.75, 3.05) is 62.3 Å². The summed E-state index contributed by atoms with van der Waals surface area (Å²) in [5.74, 6) is 0.785. The van der Waals surface area contributed by atoms with Crippen LogP contribution in [0.3, 0.4) is 0 Å². The van der Waals surface area contributed by atoms with Crippen LogP contribution in [0.2, 0.25) is 0 Å². The monoisotopic (exact) mass is 1060 g/mol. The third kappa shape index (κ3) is 21.7. The topological polar surface area (TPSA) is 119 Å². The van der Waals surface area contributed by atoms with Crippen molar-refractivity contribution in [2.24, 2.45) is 0 Å². The van der Waals surface area contributed by atoms with Crippen LogP contribution in [0, 0.1) is 0 Å². The van der Waals surface area contributed by atoms with E-state index in [1.54, 1.807) is 0 Å². The van der Waals surface area contributed by atoms with E-state index in [9.17, 15) is 14.4 Å². The molecule has 3 aromatic carbocycles. The molecular formula is C66H104N4O7. The Balaban J connectivity index is 1.02. The van der Waals surface area contributed by atoms with Crippen molar-refractivity contribution in [1.82, 2.24) is 10.6 Å². The van der Waals surface area contributed by atoms with E-state index in [-0.39, 0.29) is 31.4 Å². The fourth-order valence-electron chi connectivity index (χ4n) is 11.3. The van der Waals surface area contributed by atoms with Crippen molar-refractivity contribution in [2.45, 2.75) is 239 Å². The maximum Gasteiger partial charge on any atom is 0.407 e. The number of alkyl carbamates (subject to hydrolysis) is 2. The summed E-state index contributed by atoms with van der Waals surface area (Å²) in [5.41, 5.74) is 3.38. The molecule has 0 radical (unpaired) electrons. The third-order valence-electron chi connectivity index (χ3n) is 16.0. The fourth-order valence-corrected chi connectivity index (χ4v) is 11.3. The van der Waals surface area contributed by atoms with Gasteiger partial charge in [0.1, 0.15) is 24.7 Å². The van der Waals surface area contributed by atoms with Gasteiger partial charge in [0.15, 0.2) is 5.60 Å². The summed E-state index contributed by atoms with van der Waals surface area (Å²) >= 11 is 0. The number of nitrogens with one attached hydrogen (secondary N) is 2. The molecule has 0 aromatic heterocycles. The Labute approximate surface area is 467 Å². The van der Waals surface area contributed by atoms with Gasteiger partial charge < -0.3 is 39.4 Å². The van der Waals surface area contributed by atoms with Crippen LogP contribution in [0.1, 0.15) is 260 Å². The van der Waals surface area contributed by atoms with Crippen LogP contribution < -0.4 is 25.2 Å². The highest BCUT2D eigenvalue weighted by Gasteiger charge is 2.53. The minimum absolute atomic E-state index is 0.232. The van der Waals surface area contributed by atoms with Gasteiger partial charge in [0.25, 0.3) is 0 Å². The molecule has 430 valence electrons. The number of esters is 1. The second kappa shape index (κ2) is 37.8. The summed E-state index contributed by atoms with van der Waals surface area (Å²) in [6, 6.07) is 19.6. The smallest absolute Gasteiger partial charge is 0.407 e. The minimum atomic E-state index is -1.21. The minimum Gasteiger partial charge on any atom is -0.456 e. The summed E-state index contributed by atoms with van der Waals surface area (Å²) < 4.78 is 24.5. The molecule has 2 amide bonds. The number of benzene rings is 3. The second-order valence-electron chi connectivity index (χ2n) is 22.0. The third-order valence-corrected chi connectivity index (χ3v) is 16.0. The van der Waals surface area contributed by atoms with Crippen LogP contribution in [-0.2, 0) is 19.8 Å². The highest BCUT2D eigenvalue weighted by Crippen LogP contribution is 2.57. The highest BCUT2D eigenvalue weighted by molar-refractivity contribution is 5.97. The average Bonchev–Trinajstić information content (AvgIpc) is 4.04. The van der Waals surface area contributed by atoms with E-state index in [1.165, 1.54) is 180 Å². The molecule has 11 nitrogen and oxygen atoms in total. The SMILES string of the molecule is CCCCCCCCCCCCCCCCCCNC(=O)OCCN(CC)c1ccc2c(c1)Oc1cc(N(CC)CCOC(=O)NCCCCCCCCCCCCCCCCCC)ccc1C21OC(=O)c2ccccc21. The highest BCUT2D eigenvalue weighted by atomic mass is 16.6. The normalized spacial score (nSPS) is 12.9. The van der Waals surface area contributed by atoms with E-state index in [1.807, 2.05) is 60.7 Å². The second-order valence-corrected chi connectivity index (χ2v) is 22.0. The van der Waals surface area contributed by atoms with Crippen molar-refractivity contribution in [3.8, 4) is 11.5 Å². The number of anilines is 2. The number of hydrogen-bond donors (Lipinski definition) is 2. The molecule has 0 saturated heterocycles. The number of rotatable bonds is 44. The molecule has 2 aliphatic rings. The van der Waals surface area contributed by atoms with Crippen LogP contribution >= 0.6 is 0 Å². The molecule has 0 fully saturated rings. The summed E-state index contributed by atoms with van der Waals surface area (Å²) in [5, 5.41) is 5.89. The number of carbonyl (C=O) groups is 3. The number of fused-ring (bicyclic) bond motifs is 6. The van der Waals surface area contributed by atoms with Gasteiger partial charge in [0, 0.05) is 66.4 Å². The maximum atomic E-state index is 13.6. The zero-order chi connectivity index (χ0) is 54.6. The molecule has 0 aliphatic carbocycles. The first-order valence-electron chi connectivity index (χ1n) is 31.5. The first kappa shape index (κ1) is 62.9. The lowest BCUT2D eigenvalue weighted by Crippen LogP contribution is -2.34. The number of carbonyl (C=O) groups excluding carboxylic acids is 3. The predicted octanol–water partition coefficient (Wildman–Crippen LogP) is 17.9. The van der Waals surface area contributed by atoms with Gasteiger partial charge >= 0.3 is 18.2 Å². The lowest BCUT2D eigenvalue weighted by molar-refractivity contribution is 0.0224. The number of hydrogen-bond acceptors (Lipinski definition) is 9. The van der Waals surface area contributed by atoms with E-state index in [4.69, 9.17) is 18.9 Å². The lowest BCUT2D eigenvalue weighted by atomic mass is 9.77. The number of unbranched alkanes of at least 4 members (excludes halogenated alkanes) is 30. The molecule has 77 heavy (non-hydrogen) atoms. The molecular weight excluding hydrogens is 961 g/mol. The van der Waals surface area contributed by atoms with Gasteiger partial charge in [-0.25, -0.2) is 14.4 Å². The molecule has 11 heteroatoms. The van der Waals surface area contributed by atoms with Crippen molar-refractivity contribution >= 4 is 29.5 Å². The molecule has 5 rings (SSSR count). The largest absolute Gasteiger partial charge is 0.456 e. The Morgan fingerprint density at radius 3 is 1.17 bits per heavy atom. The van der Waals surface area contributed by atoms with E-state index >= 15 is 0 Å². The Morgan fingerprint density at radius 2 is 0.805 bits per heavy atom. The Bertz CT molecular complexity index is 2000. The zero-order valence-corrected chi connectivity index (χ0v) is 48.8. The standard InChI is InChI=1S/C66H104N4O7/c1-5-9-11-13-15-17-19-21-23-25-27-29-31-33-35-39-47-67-64(72)74-51-49-69(7-3)55-43-45-59-61(53-55)76-62-54-56(44-46-60(62)66(59)58-42-38-37-41-57(58)63(71)77-66)70(8-4)50-52-75-65(73)68-48-40-36-34-32-30-28-26-24-22-20-18-16-14-12-10-6-2/h37-38,41-46,53-54H,5-36,39-40,47-52H2,1-4H3,(H,67,72)(H,68,73). The Kier molecular flexibility index (Phi) is 30.9. The van der Waals surface area contributed by atoms with E-state index in [0.29, 0.717) is 56.3 Å². The van der Waals surface area contributed by atoms with Gasteiger partial charge in [-0.2, -0.15) is 0 Å². The predicted molar refractivity (Wildman–Crippen MR) is 318 cm³/mol. The molecule has 3 aromatic rings. The first-order chi connectivity index (χ1) is 37.9. The maximum absolute atomic E-state index is 13.6. The van der Waals surface area contributed by atoms with Crippen LogP contribution in [0.25, 0.3) is 0 Å². The van der Waals surface area contributed by atoms with Gasteiger partial charge in [-0.15, -0.1) is 0 Å². The molecule has 1 spiro atoms. The van der Waals surface area contributed by atoms with Crippen LogP contribution in [0.15, 0.2) is 60.7 Å². The van der Waals surface area contributed by atoms with Gasteiger partial charge in [-0.3, -0.25) is 0 Å². The summed E-state index contributed by atoms with van der Waals surface area (Å²) in [4.78, 5) is 43.2. The Hall–Kier alpha value is -4.93. The molecule has 0 atom stereocenters. The van der Waals surface area contributed by atoms with E-state index < -0.39 is 5.60 Å².